The molecule has 226 valence electrons. The molecule has 4 nitrogen and oxygen atoms in total. The second kappa shape index (κ2) is 18.5. The number of rotatable bonds is 18. The van der Waals surface area contributed by atoms with Gasteiger partial charge in [0.05, 0.1) is 12.2 Å². The van der Waals surface area contributed by atoms with Crippen LogP contribution in [0, 0.1) is 23.5 Å². The minimum atomic E-state index is -1.27. The molecule has 1 aliphatic rings. The van der Waals surface area contributed by atoms with Gasteiger partial charge in [0.15, 0.2) is 11.6 Å². The molecule has 0 amide bonds. The average molecular weight is 571 g/mol. The van der Waals surface area contributed by atoms with Gasteiger partial charge < -0.3 is 14.2 Å². The van der Waals surface area contributed by atoms with Crippen LogP contribution in [-0.2, 0) is 0 Å². The summed E-state index contributed by atoms with van der Waals surface area (Å²) >= 11 is 0. The van der Waals surface area contributed by atoms with E-state index in [-0.39, 0.29) is 11.5 Å². The molecule has 0 N–H and O–H groups in total. The van der Waals surface area contributed by atoms with Gasteiger partial charge in [-0.2, -0.15) is 4.39 Å². The smallest absolute Gasteiger partial charge is 0.346 e. The summed E-state index contributed by atoms with van der Waals surface area (Å²) in [6.45, 7) is 5.18. The molecule has 0 bridgehead atoms. The molecule has 0 unspecified atom stereocenters. The molecule has 2 aromatic carbocycles. The van der Waals surface area contributed by atoms with Crippen molar-refractivity contribution < 1.29 is 27.8 Å². The summed E-state index contributed by atoms with van der Waals surface area (Å²) in [6, 6.07) is 8.99. The van der Waals surface area contributed by atoms with Crippen LogP contribution in [0.5, 0.6) is 17.2 Å². The molecule has 1 saturated carbocycles. The van der Waals surface area contributed by atoms with Crippen molar-refractivity contribution in [2.75, 3.05) is 13.2 Å². The predicted molar refractivity (Wildman–Crippen MR) is 161 cm³/mol. The van der Waals surface area contributed by atoms with Crippen LogP contribution in [0.15, 0.2) is 48.6 Å². The van der Waals surface area contributed by atoms with Crippen molar-refractivity contribution in [1.29, 1.82) is 0 Å². The number of allylic oxidation sites excluding steroid dienone is 1. The first-order valence-electron chi connectivity index (χ1n) is 15.7. The van der Waals surface area contributed by atoms with Crippen LogP contribution in [0.25, 0.3) is 0 Å². The topological polar surface area (TPSA) is 44.8 Å². The fourth-order valence-corrected chi connectivity index (χ4v) is 5.38. The summed E-state index contributed by atoms with van der Waals surface area (Å²) in [5.74, 6) is -1.23. The van der Waals surface area contributed by atoms with Gasteiger partial charge in [-0.15, -0.1) is 0 Å². The zero-order chi connectivity index (χ0) is 29.3. The van der Waals surface area contributed by atoms with E-state index >= 15 is 0 Å². The molecular formula is C35H48F2O4. The van der Waals surface area contributed by atoms with E-state index in [0.717, 1.165) is 25.2 Å². The average Bonchev–Trinajstić information content (AvgIpc) is 2.98. The maximum atomic E-state index is 14.6. The highest BCUT2D eigenvalue weighted by Gasteiger charge is 2.21. The van der Waals surface area contributed by atoms with Crippen LogP contribution >= 0.6 is 0 Å². The zero-order valence-corrected chi connectivity index (χ0v) is 25.0. The summed E-state index contributed by atoms with van der Waals surface area (Å²) in [5.41, 5.74) is -0.477. The molecule has 0 radical (unpaired) electrons. The van der Waals surface area contributed by atoms with Crippen LogP contribution in [0.2, 0.25) is 0 Å². The monoisotopic (exact) mass is 570 g/mol. The first-order valence-corrected chi connectivity index (χ1v) is 15.7. The molecule has 0 aromatic heterocycles. The summed E-state index contributed by atoms with van der Waals surface area (Å²) in [6.07, 6.45) is 21.3. The highest BCUT2D eigenvalue weighted by Crippen LogP contribution is 2.32. The van der Waals surface area contributed by atoms with E-state index in [1.807, 2.05) is 0 Å². The van der Waals surface area contributed by atoms with Gasteiger partial charge in [-0.3, -0.25) is 0 Å². The quantitative estimate of drug-likeness (QED) is 0.0774. The van der Waals surface area contributed by atoms with Gasteiger partial charge in [-0.25, -0.2) is 9.18 Å². The van der Waals surface area contributed by atoms with Crippen LogP contribution in [0.4, 0.5) is 8.78 Å². The number of hydrogen-bond donors (Lipinski definition) is 0. The van der Waals surface area contributed by atoms with E-state index in [0.29, 0.717) is 24.9 Å². The number of benzene rings is 2. The summed E-state index contributed by atoms with van der Waals surface area (Å²) in [7, 11) is 0. The van der Waals surface area contributed by atoms with Crippen LogP contribution in [0.1, 0.15) is 114 Å². The van der Waals surface area contributed by atoms with Gasteiger partial charge in [0.1, 0.15) is 18.1 Å². The molecule has 1 fully saturated rings. The van der Waals surface area contributed by atoms with E-state index in [9.17, 15) is 13.6 Å². The minimum absolute atomic E-state index is 0.196. The summed E-state index contributed by atoms with van der Waals surface area (Å²) in [4.78, 5) is 12.5. The molecule has 6 heteroatoms. The molecule has 0 saturated heterocycles. The fourth-order valence-electron chi connectivity index (χ4n) is 5.38. The number of esters is 1. The molecule has 41 heavy (non-hydrogen) atoms. The Morgan fingerprint density at radius 1 is 0.780 bits per heavy atom. The normalized spacial score (nSPS) is 17.1. The molecule has 0 spiro atoms. The van der Waals surface area contributed by atoms with Crippen LogP contribution in [-0.4, -0.2) is 19.2 Å². The van der Waals surface area contributed by atoms with Gasteiger partial charge in [0.2, 0.25) is 5.82 Å². The fraction of sp³-hybridized carbons (Fsp3) is 0.571. The lowest BCUT2D eigenvalue weighted by molar-refractivity contribution is 0.0728. The lowest BCUT2D eigenvalue weighted by Crippen LogP contribution is -2.13. The van der Waals surface area contributed by atoms with E-state index < -0.39 is 23.2 Å². The van der Waals surface area contributed by atoms with Crippen LogP contribution < -0.4 is 14.2 Å². The summed E-state index contributed by atoms with van der Waals surface area (Å²) in [5, 5.41) is 0. The zero-order valence-electron chi connectivity index (χ0n) is 25.0. The largest absolute Gasteiger partial charge is 0.490 e. The van der Waals surface area contributed by atoms with Gasteiger partial charge in [-0.05, 0) is 80.3 Å². The Balaban J connectivity index is 1.38. The SMILES string of the molecule is CCCCCCCCOc1ccc(C(=O)Oc2ccc(OC/C=C/C3CCC(CCCCC)CC3)cc2)c(F)c1F. The second-order valence-corrected chi connectivity index (χ2v) is 11.2. The molecule has 3 rings (SSSR count). The lowest BCUT2D eigenvalue weighted by atomic mass is 9.79. The third kappa shape index (κ3) is 11.5. The van der Waals surface area contributed by atoms with Crippen molar-refractivity contribution in [2.24, 2.45) is 11.8 Å². The third-order valence-corrected chi connectivity index (χ3v) is 7.92. The Bertz CT molecular complexity index is 1060. The Morgan fingerprint density at radius 2 is 1.44 bits per heavy atom. The Labute approximate surface area is 245 Å². The van der Waals surface area contributed by atoms with Gasteiger partial charge in [-0.1, -0.05) is 83.8 Å². The lowest BCUT2D eigenvalue weighted by Gasteiger charge is -2.26. The van der Waals surface area contributed by atoms with E-state index in [4.69, 9.17) is 14.2 Å². The van der Waals surface area contributed by atoms with Crippen molar-refractivity contribution in [3.8, 4) is 17.2 Å². The molecule has 0 aliphatic heterocycles. The summed E-state index contributed by atoms with van der Waals surface area (Å²) < 4.78 is 45.6. The van der Waals surface area contributed by atoms with Crippen molar-refractivity contribution in [3.05, 3.63) is 65.7 Å². The number of ether oxygens (including phenoxy) is 3. The first-order chi connectivity index (χ1) is 20.0. The molecule has 0 atom stereocenters. The van der Waals surface area contributed by atoms with Crippen molar-refractivity contribution >= 4 is 5.97 Å². The maximum absolute atomic E-state index is 14.6. The van der Waals surface area contributed by atoms with E-state index in [1.54, 1.807) is 24.3 Å². The minimum Gasteiger partial charge on any atom is -0.490 e. The maximum Gasteiger partial charge on any atom is 0.346 e. The number of halogens is 2. The molecule has 2 aromatic rings. The Hall–Kier alpha value is -2.89. The molecular weight excluding hydrogens is 522 g/mol. The van der Waals surface area contributed by atoms with Gasteiger partial charge >= 0.3 is 5.97 Å². The third-order valence-electron chi connectivity index (χ3n) is 7.92. The van der Waals surface area contributed by atoms with Crippen molar-refractivity contribution in [3.63, 3.8) is 0 Å². The number of carbonyl (C=O) groups is 1. The molecule has 0 heterocycles. The molecule has 1 aliphatic carbocycles. The second-order valence-electron chi connectivity index (χ2n) is 11.2. The van der Waals surface area contributed by atoms with E-state index in [1.165, 1.54) is 82.8 Å². The number of hydrogen-bond acceptors (Lipinski definition) is 4. The van der Waals surface area contributed by atoms with E-state index in [2.05, 4.69) is 26.0 Å². The Kier molecular flexibility index (Phi) is 14.7. The highest BCUT2D eigenvalue weighted by molar-refractivity contribution is 5.91. The number of unbranched alkanes of at least 4 members (excludes halogenated alkanes) is 7. The van der Waals surface area contributed by atoms with Crippen LogP contribution in [0.3, 0.4) is 0 Å². The van der Waals surface area contributed by atoms with Crippen molar-refractivity contribution in [1.82, 2.24) is 0 Å². The highest BCUT2D eigenvalue weighted by atomic mass is 19.2. The van der Waals surface area contributed by atoms with Gasteiger partial charge in [0, 0.05) is 0 Å². The number of carbonyl (C=O) groups excluding carboxylic acids is 1. The standard InChI is InChI=1S/C35H48F2O4/c1-3-5-7-8-9-11-25-40-32-24-23-31(33(36)34(32)37)35(38)41-30-21-19-29(20-22-30)39-26-12-14-28-17-15-27(16-18-28)13-10-6-4-2/h12,14,19-24,27-28H,3-11,13,15-18,25-26H2,1-2H3/b14-12+. The van der Waals surface area contributed by atoms with Crippen molar-refractivity contribution in [2.45, 2.75) is 104 Å². The first kappa shape index (κ1) is 32.6. The van der Waals surface area contributed by atoms with Gasteiger partial charge in [0.25, 0.3) is 0 Å². The Morgan fingerprint density at radius 3 is 2.17 bits per heavy atom. The predicted octanol–water partition coefficient (Wildman–Crippen LogP) is 10.2.